The van der Waals surface area contributed by atoms with Gasteiger partial charge in [-0.3, -0.25) is 0 Å². The van der Waals surface area contributed by atoms with Crippen LogP contribution in [-0.4, -0.2) is 39.0 Å². The van der Waals surface area contributed by atoms with Crippen molar-refractivity contribution in [2.24, 2.45) is 0 Å². The quantitative estimate of drug-likeness (QED) is 0.461. The van der Waals surface area contributed by atoms with Crippen molar-refractivity contribution in [2.75, 3.05) is 14.1 Å². The molecule has 1 saturated heterocycles. The van der Waals surface area contributed by atoms with Gasteiger partial charge in [0.2, 0.25) is 0 Å². The largest absolute Gasteiger partial charge is 0.225 e. The normalized spacial score (nSPS) is 37.5. The van der Waals surface area contributed by atoms with Crippen molar-refractivity contribution < 1.29 is 4.21 Å². The molecule has 0 amide bonds. The monoisotopic (exact) mass is 182 g/mol. The van der Waals surface area contributed by atoms with E-state index < -0.39 is 11.2 Å². The van der Waals surface area contributed by atoms with Crippen LogP contribution in [0.15, 0.2) is 0 Å². The van der Waals surface area contributed by atoms with E-state index in [0.717, 1.165) is 0 Å². The SMILES string of the molecule is C#CC1C(C#C)N(C)S(=O)N1C. The molecule has 1 fully saturated rings. The zero-order valence-electron chi connectivity index (χ0n) is 7.02. The summed E-state index contributed by atoms with van der Waals surface area (Å²) in [6, 6.07) is -0.498. The molecule has 0 bridgehead atoms. The van der Waals surface area contributed by atoms with Crippen LogP contribution in [0.25, 0.3) is 0 Å². The molecule has 0 aromatic carbocycles. The zero-order chi connectivity index (χ0) is 9.30. The average Bonchev–Trinajstić information content (AvgIpc) is 2.29. The number of nitrogens with zero attached hydrogens (tertiary/aromatic N) is 2. The summed E-state index contributed by atoms with van der Waals surface area (Å²) in [7, 11) is 3.41. The van der Waals surface area contributed by atoms with E-state index in [4.69, 9.17) is 12.8 Å². The summed E-state index contributed by atoms with van der Waals surface area (Å²) < 4.78 is 14.6. The maximum atomic E-state index is 11.4. The first-order chi connectivity index (χ1) is 5.63. The van der Waals surface area contributed by atoms with E-state index in [-0.39, 0.29) is 12.1 Å². The van der Waals surface area contributed by atoms with Gasteiger partial charge in [0.1, 0.15) is 12.1 Å². The Kier molecular flexibility index (Phi) is 2.54. The first kappa shape index (κ1) is 9.28. The average molecular weight is 182 g/mol. The Hall–Kier alpha value is -0.810. The second-order valence-corrected chi connectivity index (χ2v) is 4.16. The lowest BCUT2D eigenvalue weighted by atomic mass is 10.1. The summed E-state index contributed by atoms with van der Waals surface area (Å²) in [6.45, 7) is 0. The smallest absolute Gasteiger partial charge is 0.174 e. The van der Waals surface area contributed by atoms with Crippen LogP contribution in [0.2, 0.25) is 0 Å². The van der Waals surface area contributed by atoms with E-state index in [0.29, 0.717) is 0 Å². The Bertz CT molecular complexity index is 260. The highest BCUT2D eigenvalue weighted by molar-refractivity contribution is 7.80. The molecule has 0 saturated carbocycles. The van der Waals surface area contributed by atoms with E-state index in [1.165, 1.54) is 0 Å². The van der Waals surface area contributed by atoms with Gasteiger partial charge in [0.05, 0.1) is 0 Å². The third-order valence-corrected chi connectivity index (χ3v) is 3.36. The van der Waals surface area contributed by atoms with E-state index in [1.54, 1.807) is 22.7 Å². The van der Waals surface area contributed by atoms with Gasteiger partial charge in [0, 0.05) is 14.1 Å². The van der Waals surface area contributed by atoms with Gasteiger partial charge in [0.25, 0.3) is 0 Å². The van der Waals surface area contributed by atoms with Crippen LogP contribution >= 0.6 is 0 Å². The van der Waals surface area contributed by atoms with Crippen molar-refractivity contribution in [3.05, 3.63) is 0 Å². The summed E-state index contributed by atoms with van der Waals surface area (Å²) in [5.41, 5.74) is 0. The highest BCUT2D eigenvalue weighted by atomic mass is 32.2. The standard InChI is InChI=1S/C8H10N2OS/c1-5-7-8(6-2)10(4)12(11)9(7)3/h1-2,7-8H,3-4H3. The zero-order valence-corrected chi connectivity index (χ0v) is 7.84. The van der Waals surface area contributed by atoms with Crippen molar-refractivity contribution in [2.45, 2.75) is 12.1 Å². The Morgan fingerprint density at radius 3 is 1.75 bits per heavy atom. The minimum Gasteiger partial charge on any atom is -0.225 e. The first-order valence-electron chi connectivity index (χ1n) is 3.43. The third kappa shape index (κ3) is 1.15. The lowest BCUT2D eigenvalue weighted by molar-refractivity contribution is 0.423. The van der Waals surface area contributed by atoms with Crippen LogP contribution in [0.4, 0.5) is 0 Å². The second-order valence-electron chi connectivity index (χ2n) is 2.55. The highest BCUT2D eigenvalue weighted by Crippen LogP contribution is 2.20. The van der Waals surface area contributed by atoms with E-state index in [1.807, 2.05) is 0 Å². The molecule has 0 N–H and O–H groups in total. The molecule has 1 heterocycles. The fourth-order valence-electron chi connectivity index (χ4n) is 1.19. The van der Waals surface area contributed by atoms with Gasteiger partial charge >= 0.3 is 0 Å². The van der Waals surface area contributed by atoms with Gasteiger partial charge in [-0.1, -0.05) is 11.8 Å². The molecule has 0 spiro atoms. The molecule has 12 heavy (non-hydrogen) atoms. The maximum Gasteiger partial charge on any atom is 0.174 e. The maximum absolute atomic E-state index is 11.4. The highest BCUT2D eigenvalue weighted by Gasteiger charge is 2.39. The topological polar surface area (TPSA) is 23.6 Å². The van der Waals surface area contributed by atoms with Crippen molar-refractivity contribution in [3.63, 3.8) is 0 Å². The lowest BCUT2D eigenvalue weighted by Crippen LogP contribution is -2.32. The van der Waals surface area contributed by atoms with Crippen LogP contribution in [-0.2, 0) is 11.2 Å². The Balaban J connectivity index is 2.99. The Labute approximate surface area is 75.5 Å². The van der Waals surface area contributed by atoms with Gasteiger partial charge in [-0.05, 0) is 0 Å². The lowest BCUT2D eigenvalue weighted by Gasteiger charge is -2.11. The molecular formula is C8H10N2OS. The van der Waals surface area contributed by atoms with Crippen molar-refractivity contribution in [3.8, 4) is 24.7 Å². The molecule has 0 aromatic heterocycles. The van der Waals surface area contributed by atoms with Crippen LogP contribution < -0.4 is 0 Å². The minimum atomic E-state index is -1.19. The molecule has 2 unspecified atom stereocenters. The van der Waals surface area contributed by atoms with Gasteiger partial charge in [0.15, 0.2) is 11.2 Å². The fraction of sp³-hybridized carbons (Fsp3) is 0.500. The first-order valence-corrected chi connectivity index (χ1v) is 4.49. The van der Waals surface area contributed by atoms with Crippen LogP contribution in [0.5, 0.6) is 0 Å². The van der Waals surface area contributed by atoms with Crippen molar-refractivity contribution in [1.82, 2.24) is 8.61 Å². The minimum absolute atomic E-state index is 0.249. The summed E-state index contributed by atoms with van der Waals surface area (Å²) in [5.74, 6) is 5.05. The molecule has 4 heteroatoms. The summed E-state index contributed by atoms with van der Waals surface area (Å²) in [4.78, 5) is 0. The molecule has 3 nitrogen and oxygen atoms in total. The molecule has 1 aliphatic rings. The third-order valence-electron chi connectivity index (χ3n) is 1.92. The molecule has 0 radical (unpaired) electrons. The molecule has 1 aliphatic heterocycles. The molecule has 0 aromatic rings. The van der Waals surface area contributed by atoms with Crippen LogP contribution in [0.1, 0.15) is 0 Å². The number of terminal acetylenes is 2. The molecule has 1 rings (SSSR count). The van der Waals surface area contributed by atoms with Gasteiger partial charge in [-0.15, -0.1) is 12.8 Å². The molecule has 2 atom stereocenters. The number of likely N-dealkylation sites (N-methyl/N-ethyl adjacent to an activating group) is 2. The van der Waals surface area contributed by atoms with Gasteiger partial charge in [-0.2, -0.15) is 8.61 Å². The Morgan fingerprint density at radius 1 is 1.17 bits per heavy atom. The summed E-state index contributed by atoms with van der Waals surface area (Å²) >= 11 is -1.19. The number of hydrogen-bond acceptors (Lipinski definition) is 1. The van der Waals surface area contributed by atoms with Crippen molar-refractivity contribution in [1.29, 1.82) is 0 Å². The van der Waals surface area contributed by atoms with E-state index in [2.05, 4.69) is 11.8 Å². The van der Waals surface area contributed by atoms with E-state index >= 15 is 0 Å². The van der Waals surface area contributed by atoms with Gasteiger partial charge in [-0.25, -0.2) is 4.21 Å². The number of rotatable bonds is 0. The van der Waals surface area contributed by atoms with Crippen molar-refractivity contribution >= 4 is 11.2 Å². The summed E-state index contributed by atoms with van der Waals surface area (Å²) in [6.07, 6.45) is 10.5. The van der Waals surface area contributed by atoms with Gasteiger partial charge < -0.3 is 0 Å². The predicted octanol–water partition coefficient (Wildman–Crippen LogP) is -0.554. The fourth-order valence-corrected chi connectivity index (χ4v) is 2.33. The second kappa shape index (κ2) is 3.28. The predicted molar refractivity (Wildman–Crippen MR) is 48.9 cm³/mol. The van der Waals surface area contributed by atoms with E-state index in [9.17, 15) is 4.21 Å². The van der Waals surface area contributed by atoms with Crippen LogP contribution in [0, 0.1) is 24.7 Å². The summed E-state index contributed by atoms with van der Waals surface area (Å²) in [5, 5.41) is 0. The van der Waals surface area contributed by atoms with Crippen LogP contribution in [0.3, 0.4) is 0 Å². The number of hydrogen-bond donors (Lipinski definition) is 0. The molecular weight excluding hydrogens is 172 g/mol. The molecule has 0 aliphatic carbocycles. The Morgan fingerprint density at radius 2 is 1.50 bits per heavy atom. The molecule has 64 valence electrons.